The molecule has 55 heavy (non-hydrogen) atoms. The molecule has 0 bridgehead atoms. The minimum atomic E-state index is 0.875. The van der Waals surface area contributed by atoms with Gasteiger partial charge in [0.2, 0.25) is 0 Å². The van der Waals surface area contributed by atoms with Gasteiger partial charge in [-0.2, -0.15) is 0 Å². The maximum Gasteiger partial charge on any atom is 0.143 e. The highest BCUT2D eigenvalue weighted by atomic mass is 16.3. The first-order chi connectivity index (χ1) is 27.3. The molecule has 0 N–H and O–H groups in total. The molecule has 3 heteroatoms. The number of furan rings is 2. The Labute approximate surface area is 317 Å². The molecule has 258 valence electrons. The van der Waals surface area contributed by atoms with Gasteiger partial charge in [0.1, 0.15) is 22.3 Å². The summed E-state index contributed by atoms with van der Waals surface area (Å²) in [6.07, 6.45) is 0. The maximum atomic E-state index is 6.75. The minimum Gasteiger partial charge on any atom is -0.455 e. The van der Waals surface area contributed by atoms with Gasteiger partial charge in [-0.3, -0.25) is 0 Å². The molecule has 0 saturated carbocycles. The van der Waals surface area contributed by atoms with Crippen molar-refractivity contribution < 1.29 is 8.83 Å². The monoisotopic (exact) mass is 703 g/mol. The van der Waals surface area contributed by atoms with Gasteiger partial charge in [-0.25, -0.2) is 0 Å². The molecule has 0 aliphatic heterocycles. The van der Waals surface area contributed by atoms with Crippen molar-refractivity contribution in [2.75, 3.05) is 4.90 Å². The molecule has 2 aromatic heterocycles. The quantitative estimate of drug-likeness (QED) is 0.173. The summed E-state index contributed by atoms with van der Waals surface area (Å²) >= 11 is 0. The summed E-state index contributed by atoms with van der Waals surface area (Å²) in [6.45, 7) is 0. The summed E-state index contributed by atoms with van der Waals surface area (Å²) < 4.78 is 13.2. The Balaban J connectivity index is 1.15. The Kier molecular flexibility index (Phi) is 7.17. The van der Waals surface area contributed by atoms with E-state index < -0.39 is 0 Å². The average molecular weight is 704 g/mol. The molecule has 0 spiro atoms. The van der Waals surface area contributed by atoms with Crippen molar-refractivity contribution in [2.45, 2.75) is 0 Å². The number of nitrogens with zero attached hydrogens (tertiary/aromatic N) is 1. The van der Waals surface area contributed by atoms with Crippen molar-refractivity contribution in [2.24, 2.45) is 0 Å². The van der Waals surface area contributed by atoms with E-state index in [2.05, 4.69) is 193 Å². The zero-order valence-corrected chi connectivity index (χ0v) is 29.8. The summed E-state index contributed by atoms with van der Waals surface area (Å²) in [5.41, 5.74) is 13.6. The molecule has 0 atom stereocenters. The van der Waals surface area contributed by atoms with E-state index >= 15 is 0 Å². The van der Waals surface area contributed by atoms with Gasteiger partial charge in [-0.1, -0.05) is 158 Å². The number of para-hydroxylation sites is 2. The molecular weight excluding hydrogens is 671 g/mol. The predicted molar refractivity (Wildman–Crippen MR) is 229 cm³/mol. The first-order valence-electron chi connectivity index (χ1n) is 18.7. The van der Waals surface area contributed by atoms with Crippen LogP contribution in [0.5, 0.6) is 0 Å². The Morgan fingerprint density at radius 2 is 0.873 bits per heavy atom. The van der Waals surface area contributed by atoms with E-state index in [-0.39, 0.29) is 0 Å². The van der Waals surface area contributed by atoms with Crippen LogP contribution in [-0.4, -0.2) is 0 Å². The third-order valence-electron chi connectivity index (χ3n) is 10.9. The number of fused-ring (bicyclic) bond motifs is 8. The van der Waals surface area contributed by atoms with Crippen LogP contribution in [0.1, 0.15) is 0 Å². The highest BCUT2D eigenvalue weighted by Crippen LogP contribution is 2.47. The maximum absolute atomic E-state index is 6.75. The zero-order valence-electron chi connectivity index (χ0n) is 29.8. The first-order valence-corrected chi connectivity index (χ1v) is 18.7. The van der Waals surface area contributed by atoms with Crippen LogP contribution in [0.2, 0.25) is 0 Å². The second kappa shape index (κ2) is 12.6. The van der Waals surface area contributed by atoms with Crippen LogP contribution in [0.4, 0.5) is 17.1 Å². The Morgan fingerprint density at radius 1 is 0.309 bits per heavy atom. The highest BCUT2D eigenvalue weighted by Gasteiger charge is 2.22. The minimum absolute atomic E-state index is 0.875. The van der Waals surface area contributed by atoms with Gasteiger partial charge in [0.15, 0.2) is 0 Å². The Hall–Kier alpha value is -7.36. The van der Waals surface area contributed by atoms with Gasteiger partial charge < -0.3 is 13.7 Å². The van der Waals surface area contributed by atoms with Crippen LogP contribution in [0, 0.1) is 0 Å². The van der Waals surface area contributed by atoms with Gasteiger partial charge in [-0.05, 0) is 70.3 Å². The normalized spacial score (nSPS) is 11.6. The molecule has 0 aliphatic rings. The smallest absolute Gasteiger partial charge is 0.143 e. The van der Waals surface area contributed by atoms with Crippen molar-refractivity contribution in [3.63, 3.8) is 0 Å². The molecule has 0 aliphatic carbocycles. The second-order valence-electron chi connectivity index (χ2n) is 14.0. The molecule has 9 aromatic carbocycles. The van der Waals surface area contributed by atoms with Crippen molar-refractivity contribution in [3.8, 4) is 33.4 Å². The largest absolute Gasteiger partial charge is 0.455 e. The van der Waals surface area contributed by atoms with Crippen LogP contribution in [0.25, 0.3) is 88.0 Å². The summed E-state index contributed by atoms with van der Waals surface area (Å²) in [7, 11) is 0. The van der Waals surface area contributed by atoms with Crippen LogP contribution < -0.4 is 4.90 Å². The van der Waals surface area contributed by atoms with Gasteiger partial charge in [0, 0.05) is 49.3 Å². The van der Waals surface area contributed by atoms with Crippen LogP contribution in [0.3, 0.4) is 0 Å². The number of hydrogen-bond donors (Lipinski definition) is 0. The fourth-order valence-electron chi connectivity index (χ4n) is 8.32. The van der Waals surface area contributed by atoms with Crippen LogP contribution in [0.15, 0.2) is 209 Å². The Morgan fingerprint density at radius 3 is 1.69 bits per heavy atom. The second-order valence-corrected chi connectivity index (χ2v) is 14.0. The first kappa shape index (κ1) is 31.2. The lowest BCUT2D eigenvalue weighted by Crippen LogP contribution is -2.10. The van der Waals surface area contributed by atoms with Crippen LogP contribution >= 0.6 is 0 Å². The lowest BCUT2D eigenvalue weighted by atomic mass is 9.96. The van der Waals surface area contributed by atoms with Gasteiger partial charge in [-0.15, -0.1) is 0 Å². The van der Waals surface area contributed by atoms with E-state index in [1.807, 2.05) is 12.1 Å². The molecule has 0 amide bonds. The lowest BCUT2D eigenvalue weighted by Gasteiger charge is -2.28. The van der Waals surface area contributed by atoms with Crippen molar-refractivity contribution >= 4 is 71.7 Å². The van der Waals surface area contributed by atoms with Gasteiger partial charge in [0.25, 0.3) is 0 Å². The number of anilines is 3. The summed E-state index contributed by atoms with van der Waals surface area (Å²) in [5, 5.41) is 6.63. The summed E-state index contributed by atoms with van der Waals surface area (Å²) in [4.78, 5) is 2.39. The molecular formula is C52H33NO2. The zero-order chi connectivity index (χ0) is 36.3. The van der Waals surface area contributed by atoms with Crippen molar-refractivity contribution in [1.82, 2.24) is 0 Å². The van der Waals surface area contributed by atoms with Crippen molar-refractivity contribution in [3.05, 3.63) is 200 Å². The molecule has 3 nitrogen and oxygen atoms in total. The Bertz CT molecular complexity index is 3190. The number of rotatable bonds is 6. The van der Waals surface area contributed by atoms with E-state index in [0.717, 1.165) is 99.5 Å². The molecule has 2 heterocycles. The molecule has 0 fully saturated rings. The molecule has 0 unspecified atom stereocenters. The predicted octanol–water partition coefficient (Wildman–Crippen LogP) is 15.1. The third-order valence-corrected chi connectivity index (χ3v) is 10.9. The van der Waals surface area contributed by atoms with Gasteiger partial charge >= 0.3 is 0 Å². The molecule has 0 radical (unpaired) electrons. The van der Waals surface area contributed by atoms with Crippen LogP contribution in [-0.2, 0) is 0 Å². The molecule has 0 saturated heterocycles. The lowest BCUT2D eigenvalue weighted by molar-refractivity contribution is 0.670. The topological polar surface area (TPSA) is 29.5 Å². The fourth-order valence-corrected chi connectivity index (χ4v) is 8.32. The summed E-state index contributed by atoms with van der Waals surface area (Å²) in [5.74, 6) is 0. The van der Waals surface area contributed by atoms with E-state index in [4.69, 9.17) is 8.83 Å². The SMILES string of the molecule is c1ccc(-c2cccc(N(c3ccc(-c4cccc5c4oc4ccccc45)cc3)c3cc4c(oc5cccc(-c6ccccc6)c54)c4ccccc34)c2)cc1. The average Bonchev–Trinajstić information content (AvgIpc) is 3.84. The number of hydrogen-bond acceptors (Lipinski definition) is 3. The van der Waals surface area contributed by atoms with Crippen molar-refractivity contribution in [1.29, 1.82) is 0 Å². The van der Waals surface area contributed by atoms with E-state index in [1.165, 1.54) is 5.56 Å². The fraction of sp³-hybridized carbons (Fsp3) is 0. The summed E-state index contributed by atoms with van der Waals surface area (Å²) in [6, 6.07) is 70.9. The van der Waals surface area contributed by atoms with Gasteiger partial charge in [0.05, 0.1) is 5.69 Å². The van der Waals surface area contributed by atoms with E-state index in [9.17, 15) is 0 Å². The van der Waals surface area contributed by atoms with E-state index in [0.29, 0.717) is 0 Å². The standard InChI is InChI=1S/C52H33NO2/c1-3-14-34(15-4-1)37-18-11-19-39(32-37)53(38-30-28-36(29-31-38)41-24-12-25-45-43-21-9-10-26-48(43)54-51(41)45)47-33-46-50-40(35-16-5-2-6-17-35)23-13-27-49(50)55-52(46)44-22-8-7-20-42(44)47/h1-33H. The number of benzene rings is 9. The van der Waals surface area contributed by atoms with E-state index in [1.54, 1.807) is 0 Å². The molecule has 11 aromatic rings. The highest BCUT2D eigenvalue weighted by molar-refractivity contribution is 6.22. The third kappa shape index (κ3) is 5.13. The molecule has 11 rings (SSSR count).